The van der Waals surface area contributed by atoms with Crippen LogP contribution in [0, 0.1) is 0 Å². The number of piperidine rings is 1. The summed E-state index contributed by atoms with van der Waals surface area (Å²) in [6.45, 7) is 3.75. The number of likely N-dealkylation sites (N-methyl/N-ethyl adjacent to an activating group) is 1. The van der Waals surface area contributed by atoms with Gasteiger partial charge in [-0.25, -0.2) is 0 Å². The first kappa shape index (κ1) is 13.0. The number of aliphatic hydroxyl groups excluding tert-OH is 1. The third kappa shape index (κ3) is 3.20. The summed E-state index contributed by atoms with van der Waals surface area (Å²) in [6, 6.07) is 0. The molecule has 16 heavy (non-hydrogen) atoms. The number of likely N-dealkylation sites (tertiary alicyclic amines) is 1. The zero-order valence-electron chi connectivity index (χ0n) is 9.81. The molecule has 0 aromatic carbocycles. The number of carbonyl (C=O) groups excluding carboxylic acids is 2. The lowest BCUT2D eigenvalue weighted by atomic mass is 10.1. The van der Waals surface area contributed by atoms with E-state index in [9.17, 15) is 9.59 Å². The standard InChI is InChI=1S/C11H20N2O3/c1-2-12(8-9-14)10(15)11(16)13-6-4-3-5-7-13/h14H,2-9H2,1H3. The van der Waals surface area contributed by atoms with Gasteiger partial charge in [0.25, 0.3) is 0 Å². The van der Waals surface area contributed by atoms with Crippen molar-refractivity contribution in [1.82, 2.24) is 9.80 Å². The average Bonchev–Trinajstić information content (AvgIpc) is 2.35. The van der Waals surface area contributed by atoms with E-state index in [1.54, 1.807) is 11.8 Å². The molecule has 0 bridgehead atoms. The number of carbonyl (C=O) groups is 2. The highest BCUT2D eigenvalue weighted by molar-refractivity contribution is 6.34. The van der Waals surface area contributed by atoms with Crippen molar-refractivity contribution in [2.75, 3.05) is 32.8 Å². The number of rotatable bonds is 3. The van der Waals surface area contributed by atoms with Crippen molar-refractivity contribution < 1.29 is 14.7 Å². The second kappa shape index (κ2) is 6.48. The summed E-state index contributed by atoms with van der Waals surface area (Å²) in [5.41, 5.74) is 0. The van der Waals surface area contributed by atoms with Crippen molar-refractivity contribution >= 4 is 11.8 Å². The first-order valence-electron chi connectivity index (χ1n) is 5.89. The van der Waals surface area contributed by atoms with Crippen LogP contribution in [0.25, 0.3) is 0 Å². The predicted molar refractivity (Wildman–Crippen MR) is 59.8 cm³/mol. The van der Waals surface area contributed by atoms with Gasteiger partial charge in [0.1, 0.15) is 0 Å². The Kier molecular flexibility index (Phi) is 5.25. The molecule has 1 aliphatic heterocycles. The summed E-state index contributed by atoms with van der Waals surface area (Å²) < 4.78 is 0. The minimum Gasteiger partial charge on any atom is -0.395 e. The molecule has 1 heterocycles. The van der Waals surface area contributed by atoms with Crippen LogP contribution in [0.4, 0.5) is 0 Å². The predicted octanol–water partition coefficient (Wildman–Crippen LogP) is -0.160. The third-order valence-corrected chi connectivity index (χ3v) is 2.87. The fourth-order valence-electron chi connectivity index (χ4n) is 1.89. The van der Waals surface area contributed by atoms with Gasteiger partial charge < -0.3 is 14.9 Å². The summed E-state index contributed by atoms with van der Waals surface area (Å²) in [6.07, 6.45) is 3.09. The molecule has 1 rings (SSSR count). The van der Waals surface area contributed by atoms with Gasteiger partial charge in [-0.3, -0.25) is 9.59 Å². The van der Waals surface area contributed by atoms with Gasteiger partial charge >= 0.3 is 11.8 Å². The van der Waals surface area contributed by atoms with Crippen molar-refractivity contribution in [3.05, 3.63) is 0 Å². The second-order valence-corrected chi connectivity index (χ2v) is 3.96. The zero-order chi connectivity index (χ0) is 12.0. The Morgan fingerprint density at radius 3 is 2.38 bits per heavy atom. The first-order valence-corrected chi connectivity index (χ1v) is 5.89. The molecule has 5 nitrogen and oxygen atoms in total. The fourth-order valence-corrected chi connectivity index (χ4v) is 1.89. The molecule has 5 heteroatoms. The maximum Gasteiger partial charge on any atom is 0.312 e. The molecule has 0 aromatic rings. The molecular formula is C11H20N2O3. The molecule has 2 amide bonds. The minimum absolute atomic E-state index is 0.104. The molecule has 0 aromatic heterocycles. The monoisotopic (exact) mass is 228 g/mol. The van der Waals surface area contributed by atoms with Crippen molar-refractivity contribution in [2.45, 2.75) is 26.2 Å². The molecular weight excluding hydrogens is 208 g/mol. The van der Waals surface area contributed by atoms with Crippen LogP contribution in [0.2, 0.25) is 0 Å². The van der Waals surface area contributed by atoms with Crippen LogP contribution in [0.5, 0.6) is 0 Å². The van der Waals surface area contributed by atoms with Gasteiger partial charge in [0, 0.05) is 26.2 Å². The highest BCUT2D eigenvalue weighted by atomic mass is 16.3. The molecule has 1 saturated heterocycles. The third-order valence-electron chi connectivity index (χ3n) is 2.87. The lowest BCUT2D eigenvalue weighted by Gasteiger charge is -2.28. The minimum atomic E-state index is -0.488. The summed E-state index contributed by atoms with van der Waals surface area (Å²) in [5.74, 6) is -0.909. The van der Waals surface area contributed by atoms with E-state index in [4.69, 9.17) is 5.11 Å². The van der Waals surface area contributed by atoms with E-state index in [2.05, 4.69) is 0 Å². The lowest BCUT2D eigenvalue weighted by Crippen LogP contribution is -2.47. The number of hydrogen-bond acceptors (Lipinski definition) is 3. The van der Waals surface area contributed by atoms with Gasteiger partial charge in [0.15, 0.2) is 0 Å². The van der Waals surface area contributed by atoms with E-state index >= 15 is 0 Å². The SMILES string of the molecule is CCN(CCO)C(=O)C(=O)N1CCCCC1. The fraction of sp³-hybridized carbons (Fsp3) is 0.818. The highest BCUT2D eigenvalue weighted by Gasteiger charge is 2.26. The van der Waals surface area contributed by atoms with Gasteiger partial charge in [0.2, 0.25) is 0 Å². The van der Waals surface area contributed by atoms with Crippen molar-refractivity contribution in [3.8, 4) is 0 Å². The number of amides is 2. The number of hydrogen-bond donors (Lipinski definition) is 1. The van der Waals surface area contributed by atoms with Gasteiger partial charge in [-0.15, -0.1) is 0 Å². The Morgan fingerprint density at radius 1 is 1.25 bits per heavy atom. The van der Waals surface area contributed by atoms with Crippen LogP contribution in [0.15, 0.2) is 0 Å². The maximum atomic E-state index is 11.8. The van der Waals surface area contributed by atoms with E-state index in [-0.39, 0.29) is 13.2 Å². The van der Waals surface area contributed by atoms with Crippen LogP contribution in [-0.2, 0) is 9.59 Å². The van der Waals surface area contributed by atoms with Crippen LogP contribution in [-0.4, -0.2) is 59.5 Å². The Bertz CT molecular complexity index is 235. The van der Waals surface area contributed by atoms with Crippen LogP contribution in [0.1, 0.15) is 26.2 Å². The Morgan fingerprint density at radius 2 is 1.88 bits per heavy atom. The summed E-state index contributed by atoms with van der Waals surface area (Å²) in [7, 11) is 0. The molecule has 1 aliphatic rings. The van der Waals surface area contributed by atoms with Crippen molar-refractivity contribution in [3.63, 3.8) is 0 Å². The highest BCUT2D eigenvalue weighted by Crippen LogP contribution is 2.09. The first-order chi connectivity index (χ1) is 7.70. The Hall–Kier alpha value is -1.10. The Labute approximate surface area is 96.0 Å². The molecule has 92 valence electrons. The van der Waals surface area contributed by atoms with Gasteiger partial charge in [-0.05, 0) is 26.2 Å². The maximum absolute atomic E-state index is 11.8. The van der Waals surface area contributed by atoms with E-state index in [1.165, 1.54) is 4.90 Å². The summed E-state index contributed by atoms with van der Waals surface area (Å²) in [5, 5.41) is 8.79. The van der Waals surface area contributed by atoms with Gasteiger partial charge in [0.05, 0.1) is 6.61 Å². The molecule has 1 fully saturated rings. The van der Waals surface area contributed by atoms with E-state index in [0.717, 1.165) is 19.3 Å². The topological polar surface area (TPSA) is 60.9 Å². The van der Waals surface area contributed by atoms with E-state index < -0.39 is 11.8 Å². The van der Waals surface area contributed by atoms with Crippen molar-refractivity contribution in [1.29, 1.82) is 0 Å². The zero-order valence-corrected chi connectivity index (χ0v) is 9.81. The van der Waals surface area contributed by atoms with Gasteiger partial charge in [-0.1, -0.05) is 0 Å². The molecule has 1 N–H and O–H groups in total. The summed E-state index contributed by atoms with van der Waals surface area (Å²) in [4.78, 5) is 26.6. The largest absolute Gasteiger partial charge is 0.395 e. The van der Waals surface area contributed by atoms with Crippen molar-refractivity contribution in [2.24, 2.45) is 0 Å². The van der Waals surface area contributed by atoms with E-state index in [0.29, 0.717) is 19.6 Å². The van der Waals surface area contributed by atoms with Crippen LogP contribution < -0.4 is 0 Å². The average molecular weight is 228 g/mol. The molecule has 0 aliphatic carbocycles. The molecule has 0 saturated carbocycles. The number of aliphatic hydroxyl groups is 1. The lowest BCUT2D eigenvalue weighted by molar-refractivity contribution is -0.152. The Balaban J connectivity index is 2.53. The van der Waals surface area contributed by atoms with E-state index in [1.807, 2.05) is 0 Å². The molecule has 0 spiro atoms. The molecule has 0 unspecified atom stereocenters. The van der Waals surface area contributed by atoms with Crippen LogP contribution in [0.3, 0.4) is 0 Å². The van der Waals surface area contributed by atoms with Gasteiger partial charge in [-0.2, -0.15) is 0 Å². The number of nitrogens with zero attached hydrogens (tertiary/aromatic N) is 2. The smallest absolute Gasteiger partial charge is 0.312 e. The molecule has 0 atom stereocenters. The summed E-state index contributed by atoms with van der Waals surface area (Å²) >= 11 is 0. The molecule has 0 radical (unpaired) electrons. The van der Waals surface area contributed by atoms with Crippen LogP contribution >= 0.6 is 0 Å². The quantitative estimate of drug-likeness (QED) is 0.683. The normalized spacial score (nSPS) is 16.0. The second-order valence-electron chi connectivity index (χ2n) is 3.96.